The molecule has 0 atom stereocenters. The molecule has 1 aromatic carbocycles. The molecule has 4 nitrogen and oxygen atoms in total. The smallest absolute Gasteiger partial charge is 0.399 e. The van der Waals surface area contributed by atoms with Crippen LogP contribution in [-0.2, 0) is 22.2 Å². The van der Waals surface area contributed by atoms with Crippen molar-refractivity contribution in [2.75, 3.05) is 5.73 Å². The van der Waals surface area contributed by atoms with Crippen LogP contribution >= 0.6 is 11.3 Å². The van der Waals surface area contributed by atoms with E-state index in [0.29, 0.717) is 10.6 Å². The number of anilines is 1. The van der Waals surface area contributed by atoms with E-state index in [-0.39, 0.29) is 17.0 Å². The number of hydrogen-bond acceptors (Lipinski definition) is 5. The van der Waals surface area contributed by atoms with Crippen molar-refractivity contribution in [1.29, 1.82) is 0 Å². The highest BCUT2D eigenvalue weighted by Gasteiger charge is 2.51. The summed E-state index contributed by atoms with van der Waals surface area (Å²) in [6, 6.07) is 7.55. The van der Waals surface area contributed by atoms with Crippen molar-refractivity contribution in [3.8, 4) is 0 Å². The van der Waals surface area contributed by atoms with E-state index in [1.807, 2.05) is 52.0 Å². The van der Waals surface area contributed by atoms with Gasteiger partial charge in [0, 0.05) is 10.4 Å². The van der Waals surface area contributed by atoms with Gasteiger partial charge in [-0.2, -0.15) is 0 Å². The molecule has 142 valence electrons. The first-order valence-electron chi connectivity index (χ1n) is 9.60. The van der Waals surface area contributed by atoms with E-state index in [1.54, 1.807) is 11.3 Å². The van der Waals surface area contributed by atoms with Crippen molar-refractivity contribution in [3.63, 3.8) is 0 Å². The lowest BCUT2D eigenvalue weighted by molar-refractivity contribution is 0.00578. The summed E-state index contributed by atoms with van der Waals surface area (Å²) in [5.41, 5.74) is 8.92. The van der Waals surface area contributed by atoms with Gasteiger partial charge in [0.1, 0.15) is 0 Å². The topological polar surface area (TPSA) is 61.5 Å². The summed E-state index contributed by atoms with van der Waals surface area (Å²) in [6.07, 6.45) is 4.31. The minimum atomic E-state index is -0.418. The van der Waals surface area contributed by atoms with Crippen LogP contribution in [0.15, 0.2) is 24.3 Å². The molecule has 2 aromatic rings. The summed E-state index contributed by atoms with van der Waals surface area (Å²) >= 11 is 1.58. The molecule has 0 radical (unpaired) electrons. The summed E-state index contributed by atoms with van der Waals surface area (Å²) in [4.78, 5) is 14.4. The van der Waals surface area contributed by atoms with Crippen molar-refractivity contribution in [3.05, 3.63) is 45.8 Å². The second-order valence-electron chi connectivity index (χ2n) is 8.49. The first kappa shape index (κ1) is 18.7. The molecule has 1 aromatic heterocycles. The Morgan fingerprint density at radius 1 is 1.04 bits per heavy atom. The molecule has 27 heavy (non-hydrogen) atoms. The number of aryl methyl sites for hydroxylation is 1. The van der Waals surface area contributed by atoms with E-state index in [9.17, 15) is 4.79 Å². The largest absolute Gasteiger partial charge is 0.494 e. The molecule has 1 aliphatic heterocycles. The van der Waals surface area contributed by atoms with Crippen molar-refractivity contribution in [1.82, 2.24) is 0 Å². The number of carbonyl (C=O) groups is 1. The zero-order chi connectivity index (χ0) is 19.4. The summed E-state index contributed by atoms with van der Waals surface area (Å²) in [7, 11) is -0.418. The minimum absolute atomic E-state index is 0.0207. The number of thiophene rings is 1. The highest BCUT2D eigenvalue weighted by atomic mass is 32.1. The number of rotatable bonds is 3. The number of carbonyl (C=O) groups excluding carboxylic acids is 1. The molecule has 6 heteroatoms. The molecule has 2 heterocycles. The van der Waals surface area contributed by atoms with Gasteiger partial charge < -0.3 is 15.0 Å². The highest BCUT2D eigenvalue weighted by molar-refractivity contribution is 7.16. The summed E-state index contributed by atoms with van der Waals surface area (Å²) in [6.45, 7) is 8.14. The third-order valence-corrected chi connectivity index (χ3v) is 7.24. The van der Waals surface area contributed by atoms with E-state index >= 15 is 0 Å². The molecule has 0 amide bonds. The number of nitrogens with two attached hydrogens (primary N) is 1. The van der Waals surface area contributed by atoms with E-state index in [2.05, 4.69) is 0 Å². The zero-order valence-corrected chi connectivity index (χ0v) is 17.2. The fraction of sp³-hybridized carbons (Fsp3) is 0.476. The highest BCUT2D eigenvalue weighted by Crippen LogP contribution is 2.38. The van der Waals surface area contributed by atoms with Gasteiger partial charge in [-0.15, -0.1) is 11.3 Å². The third-order valence-electron chi connectivity index (χ3n) is 6.12. The Morgan fingerprint density at radius 3 is 2.26 bits per heavy atom. The SMILES string of the molecule is CC1(C)OB(c2ccc(C(=O)c3c(N)sc4c3CCCC4)cc2)OC1(C)C. The lowest BCUT2D eigenvalue weighted by atomic mass is 9.78. The Morgan fingerprint density at radius 2 is 1.63 bits per heavy atom. The number of nitrogen functional groups attached to an aromatic ring is 1. The maximum atomic E-state index is 13.1. The maximum absolute atomic E-state index is 13.1. The van der Waals surface area contributed by atoms with E-state index < -0.39 is 7.12 Å². The Labute approximate surface area is 165 Å². The second-order valence-corrected chi connectivity index (χ2v) is 9.63. The van der Waals surface area contributed by atoms with Crippen LogP contribution in [0.3, 0.4) is 0 Å². The predicted octanol–water partition coefficient (Wildman–Crippen LogP) is 3.74. The van der Waals surface area contributed by atoms with E-state index in [1.165, 1.54) is 16.9 Å². The molecule has 0 unspecified atom stereocenters. The molecule has 4 rings (SSSR count). The lowest BCUT2D eigenvalue weighted by Crippen LogP contribution is -2.41. The monoisotopic (exact) mass is 383 g/mol. The maximum Gasteiger partial charge on any atom is 0.494 e. The van der Waals surface area contributed by atoms with Gasteiger partial charge in [-0.05, 0) is 64.4 Å². The first-order valence-corrected chi connectivity index (χ1v) is 10.4. The third kappa shape index (κ3) is 3.14. The number of ketones is 1. The van der Waals surface area contributed by atoms with Gasteiger partial charge >= 0.3 is 7.12 Å². The van der Waals surface area contributed by atoms with Crippen LogP contribution in [0.25, 0.3) is 0 Å². The Balaban J connectivity index is 1.59. The summed E-state index contributed by atoms with van der Waals surface area (Å²) < 4.78 is 12.2. The van der Waals surface area contributed by atoms with Crippen molar-refractivity contribution in [2.24, 2.45) is 0 Å². The van der Waals surface area contributed by atoms with Crippen molar-refractivity contribution >= 4 is 34.7 Å². The van der Waals surface area contributed by atoms with Crippen molar-refractivity contribution < 1.29 is 14.1 Å². The number of hydrogen-bond donors (Lipinski definition) is 1. The zero-order valence-electron chi connectivity index (χ0n) is 16.4. The van der Waals surface area contributed by atoms with Gasteiger partial charge in [0.15, 0.2) is 5.78 Å². The van der Waals surface area contributed by atoms with E-state index in [4.69, 9.17) is 15.0 Å². The predicted molar refractivity (Wildman–Crippen MR) is 111 cm³/mol. The Hall–Kier alpha value is -1.63. The minimum Gasteiger partial charge on any atom is -0.399 e. The van der Waals surface area contributed by atoms with Crippen LogP contribution in [0.5, 0.6) is 0 Å². The van der Waals surface area contributed by atoms with Crippen molar-refractivity contribution in [2.45, 2.75) is 64.6 Å². The van der Waals surface area contributed by atoms with Crippen LogP contribution in [-0.4, -0.2) is 24.1 Å². The quantitative estimate of drug-likeness (QED) is 0.648. The van der Waals surface area contributed by atoms with Gasteiger partial charge in [-0.25, -0.2) is 0 Å². The molecule has 1 fully saturated rings. The second kappa shape index (κ2) is 6.47. The first-order chi connectivity index (χ1) is 12.7. The standard InChI is InChI=1S/C21H26BNO3S/c1-20(2)21(3,4)26-22(25-20)14-11-9-13(10-12-14)18(24)17-15-7-5-6-8-16(15)27-19(17)23/h9-12H,5-8,23H2,1-4H3. The van der Waals surface area contributed by atoms with Crippen LogP contribution < -0.4 is 11.2 Å². The van der Waals surface area contributed by atoms with Gasteiger partial charge in [0.05, 0.1) is 21.8 Å². The fourth-order valence-electron chi connectivity index (χ4n) is 3.75. The fourth-order valence-corrected chi connectivity index (χ4v) is 4.91. The number of benzene rings is 1. The Kier molecular flexibility index (Phi) is 4.49. The Bertz CT molecular complexity index is 870. The average Bonchev–Trinajstić information content (AvgIpc) is 3.06. The van der Waals surface area contributed by atoms with Crippen LogP contribution in [0.2, 0.25) is 0 Å². The van der Waals surface area contributed by atoms with Gasteiger partial charge in [0.2, 0.25) is 0 Å². The molecule has 0 spiro atoms. The van der Waals surface area contributed by atoms with E-state index in [0.717, 1.165) is 30.3 Å². The molecule has 2 N–H and O–H groups in total. The van der Waals surface area contributed by atoms with Crippen LogP contribution in [0.4, 0.5) is 5.00 Å². The molecule has 2 aliphatic rings. The molecular formula is C21H26BNO3S. The molecule has 1 aliphatic carbocycles. The van der Waals surface area contributed by atoms with Gasteiger partial charge in [-0.3, -0.25) is 4.79 Å². The van der Waals surface area contributed by atoms with Crippen LogP contribution in [0, 0.1) is 0 Å². The number of fused-ring (bicyclic) bond motifs is 1. The molecule has 0 saturated carbocycles. The van der Waals surface area contributed by atoms with Gasteiger partial charge in [0.25, 0.3) is 0 Å². The normalized spacial score (nSPS) is 20.5. The molecular weight excluding hydrogens is 357 g/mol. The molecule has 1 saturated heterocycles. The molecule has 0 bridgehead atoms. The average molecular weight is 383 g/mol. The summed E-state index contributed by atoms with van der Waals surface area (Å²) in [5, 5.41) is 0.655. The summed E-state index contributed by atoms with van der Waals surface area (Å²) in [5.74, 6) is 0.0207. The van der Waals surface area contributed by atoms with Crippen LogP contribution in [0.1, 0.15) is 66.9 Å². The lowest BCUT2D eigenvalue weighted by Gasteiger charge is -2.32. The van der Waals surface area contributed by atoms with Gasteiger partial charge in [-0.1, -0.05) is 24.3 Å².